The minimum atomic E-state index is -4.29. The van der Waals surface area contributed by atoms with E-state index in [2.05, 4.69) is 4.72 Å². The van der Waals surface area contributed by atoms with Gasteiger partial charge in [-0.2, -0.15) is 0 Å². The number of nitrogens with one attached hydrogen (secondary N) is 1. The lowest BCUT2D eigenvalue weighted by molar-refractivity contribution is 0.521. The van der Waals surface area contributed by atoms with Gasteiger partial charge < -0.3 is 0 Å². The highest BCUT2D eigenvalue weighted by molar-refractivity contribution is 7.92. The number of benzene rings is 2. The summed E-state index contributed by atoms with van der Waals surface area (Å²) in [7, 11) is -4.29. The molecule has 1 N–H and O–H groups in total. The lowest BCUT2D eigenvalue weighted by Crippen LogP contribution is -2.16. The van der Waals surface area contributed by atoms with Crippen molar-refractivity contribution in [2.24, 2.45) is 0 Å². The zero-order chi connectivity index (χ0) is 14.0. The van der Waals surface area contributed by atoms with E-state index >= 15 is 0 Å². The molecule has 0 radical (unpaired) electrons. The second-order valence-corrected chi connectivity index (χ2v) is 5.64. The van der Waals surface area contributed by atoms with Crippen LogP contribution < -0.4 is 4.72 Å². The maximum atomic E-state index is 13.5. The Kier molecular flexibility index (Phi) is 3.53. The molecule has 0 fully saturated rings. The summed E-state index contributed by atoms with van der Waals surface area (Å²) in [4.78, 5) is -0.976. The summed E-state index contributed by atoms with van der Waals surface area (Å²) in [5, 5.41) is 0. The van der Waals surface area contributed by atoms with Crippen molar-refractivity contribution < 1.29 is 17.2 Å². The van der Waals surface area contributed by atoms with Gasteiger partial charge in [-0.25, -0.2) is 17.2 Å². The van der Waals surface area contributed by atoms with Crippen LogP contribution in [0, 0.1) is 18.6 Å². The number of rotatable bonds is 3. The average Bonchev–Trinajstić information content (AvgIpc) is 2.31. The van der Waals surface area contributed by atoms with Crippen LogP contribution in [0.15, 0.2) is 47.4 Å². The quantitative estimate of drug-likeness (QED) is 0.941. The van der Waals surface area contributed by atoms with E-state index in [1.54, 1.807) is 12.1 Å². The molecule has 0 bridgehead atoms. The predicted molar refractivity (Wildman–Crippen MR) is 68.3 cm³/mol. The number of hydrogen-bond acceptors (Lipinski definition) is 2. The second kappa shape index (κ2) is 4.97. The van der Waals surface area contributed by atoms with Gasteiger partial charge >= 0.3 is 0 Å². The van der Waals surface area contributed by atoms with Crippen LogP contribution in [0.25, 0.3) is 0 Å². The van der Waals surface area contributed by atoms with E-state index in [9.17, 15) is 17.2 Å². The van der Waals surface area contributed by atoms with Crippen molar-refractivity contribution in [3.8, 4) is 0 Å². The van der Waals surface area contributed by atoms with Gasteiger partial charge in [-0.1, -0.05) is 23.8 Å². The molecule has 0 saturated carbocycles. The molecular weight excluding hydrogens is 272 g/mol. The third-order valence-corrected chi connectivity index (χ3v) is 3.92. The zero-order valence-corrected chi connectivity index (χ0v) is 10.8. The van der Waals surface area contributed by atoms with Crippen molar-refractivity contribution in [3.63, 3.8) is 0 Å². The second-order valence-electron chi connectivity index (χ2n) is 4.02. The first-order chi connectivity index (χ1) is 8.90. The number of sulfonamides is 1. The summed E-state index contributed by atoms with van der Waals surface area (Å²) in [6.07, 6.45) is 0. The molecule has 2 aromatic rings. The van der Waals surface area contributed by atoms with Crippen LogP contribution in [0.4, 0.5) is 14.5 Å². The molecule has 0 amide bonds. The van der Waals surface area contributed by atoms with Gasteiger partial charge in [-0.3, -0.25) is 4.72 Å². The lowest BCUT2D eigenvalue weighted by atomic mass is 10.2. The van der Waals surface area contributed by atoms with E-state index in [1.165, 1.54) is 12.1 Å². The standard InChI is InChI=1S/C13H11F2NO2S/c1-9-5-7-10(8-6-9)16-19(17,18)13-11(14)3-2-4-12(13)15/h2-8,16H,1H3. The molecule has 0 spiro atoms. The van der Waals surface area contributed by atoms with Gasteiger partial charge in [0.15, 0.2) is 4.90 Å². The molecule has 0 atom stereocenters. The Labute approximate surface area is 109 Å². The van der Waals surface area contributed by atoms with Crippen molar-refractivity contribution >= 4 is 15.7 Å². The van der Waals surface area contributed by atoms with Gasteiger partial charge in [0.2, 0.25) is 0 Å². The van der Waals surface area contributed by atoms with Crippen molar-refractivity contribution in [2.75, 3.05) is 4.72 Å². The molecule has 3 nitrogen and oxygen atoms in total. The van der Waals surface area contributed by atoms with Crippen LogP contribution in [0.5, 0.6) is 0 Å². The SMILES string of the molecule is Cc1ccc(NS(=O)(=O)c2c(F)cccc2F)cc1. The predicted octanol–water partition coefficient (Wildman–Crippen LogP) is 3.07. The molecule has 0 aliphatic rings. The summed E-state index contributed by atoms with van der Waals surface area (Å²) in [6.45, 7) is 1.84. The lowest BCUT2D eigenvalue weighted by Gasteiger charge is -2.09. The summed E-state index contributed by atoms with van der Waals surface area (Å²) in [5.74, 6) is -2.25. The minimum Gasteiger partial charge on any atom is -0.279 e. The Morgan fingerprint density at radius 2 is 1.47 bits per heavy atom. The van der Waals surface area contributed by atoms with Crippen molar-refractivity contribution in [1.82, 2.24) is 0 Å². The summed E-state index contributed by atoms with van der Waals surface area (Å²) < 4.78 is 52.9. The zero-order valence-electron chi connectivity index (χ0n) is 10.0. The van der Waals surface area contributed by atoms with Crippen molar-refractivity contribution in [1.29, 1.82) is 0 Å². The summed E-state index contributed by atoms with van der Waals surface area (Å²) in [5.41, 5.74) is 1.19. The number of halogens is 2. The molecule has 0 saturated heterocycles. The first-order valence-corrected chi connectivity index (χ1v) is 6.92. The third kappa shape index (κ3) is 2.90. The maximum Gasteiger partial charge on any atom is 0.267 e. The van der Waals surface area contributed by atoms with Gasteiger partial charge in [0.25, 0.3) is 10.0 Å². The Bertz CT molecular complexity index is 677. The fraction of sp³-hybridized carbons (Fsp3) is 0.0769. The summed E-state index contributed by atoms with van der Waals surface area (Å²) >= 11 is 0. The molecule has 100 valence electrons. The van der Waals surface area contributed by atoms with Crippen LogP contribution in [-0.4, -0.2) is 8.42 Å². The molecule has 19 heavy (non-hydrogen) atoms. The smallest absolute Gasteiger partial charge is 0.267 e. The van der Waals surface area contributed by atoms with Crippen LogP contribution in [0.2, 0.25) is 0 Å². The van der Waals surface area contributed by atoms with Crippen LogP contribution in [-0.2, 0) is 10.0 Å². The first kappa shape index (κ1) is 13.5. The third-order valence-electron chi connectivity index (χ3n) is 2.49. The molecule has 2 rings (SSSR count). The van der Waals surface area contributed by atoms with Gasteiger partial charge in [0.05, 0.1) is 0 Å². The Morgan fingerprint density at radius 1 is 0.947 bits per heavy atom. The fourth-order valence-electron chi connectivity index (χ4n) is 1.57. The van der Waals surface area contributed by atoms with E-state index in [-0.39, 0.29) is 5.69 Å². The molecule has 6 heteroatoms. The molecule has 0 heterocycles. The largest absolute Gasteiger partial charge is 0.279 e. The Hall–Kier alpha value is -1.95. The van der Waals surface area contributed by atoms with E-state index in [0.717, 1.165) is 23.8 Å². The molecule has 0 aromatic heterocycles. The number of hydrogen-bond donors (Lipinski definition) is 1. The highest BCUT2D eigenvalue weighted by Gasteiger charge is 2.23. The van der Waals surface area contributed by atoms with Crippen LogP contribution >= 0.6 is 0 Å². The van der Waals surface area contributed by atoms with E-state index in [0.29, 0.717) is 0 Å². The molecule has 0 aliphatic heterocycles. The molecule has 0 unspecified atom stereocenters. The van der Waals surface area contributed by atoms with Crippen LogP contribution in [0.3, 0.4) is 0 Å². The highest BCUT2D eigenvalue weighted by atomic mass is 32.2. The average molecular weight is 283 g/mol. The number of aryl methyl sites for hydroxylation is 1. The highest BCUT2D eigenvalue weighted by Crippen LogP contribution is 2.21. The van der Waals surface area contributed by atoms with E-state index in [1.807, 2.05) is 6.92 Å². The first-order valence-electron chi connectivity index (χ1n) is 5.43. The minimum absolute atomic E-state index is 0.244. The van der Waals surface area contributed by atoms with Crippen molar-refractivity contribution in [3.05, 3.63) is 59.7 Å². The Morgan fingerprint density at radius 3 is 2.00 bits per heavy atom. The number of anilines is 1. The van der Waals surface area contributed by atoms with Gasteiger partial charge in [0.1, 0.15) is 11.6 Å². The van der Waals surface area contributed by atoms with Gasteiger partial charge in [0, 0.05) is 5.69 Å². The van der Waals surface area contributed by atoms with Gasteiger partial charge in [-0.05, 0) is 31.2 Å². The van der Waals surface area contributed by atoms with Crippen LogP contribution in [0.1, 0.15) is 5.56 Å². The maximum absolute atomic E-state index is 13.5. The topological polar surface area (TPSA) is 46.2 Å². The molecule has 0 aliphatic carbocycles. The van der Waals surface area contributed by atoms with Crippen molar-refractivity contribution in [2.45, 2.75) is 11.8 Å². The monoisotopic (exact) mass is 283 g/mol. The molecular formula is C13H11F2NO2S. The van der Waals surface area contributed by atoms with E-state index < -0.39 is 26.6 Å². The molecule has 2 aromatic carbocycles. The van der Waals surface area contributed by atoms with E-state index in [4.69, 9.17) is 0 Å². The Balaban J connectivity index is 2.41. The normalized spacial score (nSPS) is 11.3. The summed E-state index contributed by atoms with van der Waals surface area (Å²) in [6, 6.07) is 9.32. The van der Waals surface area contributed by atoms with Gasteiger partial charge in [-0.15, -0.1) is 0 Å². The fourth-order valence-corrected chi connectivity index (χ4v) is 2.77.